The molecule has 0 heterocycles. The topological polar surface area (TPSA) is 108 Å². The second-order valence-corrected chi connectivity index (χ2v) is 12.5. The first kappa shape index (κ1) is 39.0. The molecule has 0 rings (SSSR count). The number of unbranched alkanes of at least 4 members (excludes halogenated alkanes) is 19. The highest BCUT2D eigenvalue weighted by Gasteiger charge is 2.24. The van der Waals surface area contributed by atoms with E-state index in [-0.39, 0.29) is 19.0 Å². The van der Waals surface area contributed by atoms with Gasteiger partial charge in [-0.1, -0.05) is 136 Å². The van der Waals surface area contributed by atoms with E-state index in [1.165, 1.54) is 96.3 Å². The van der Waals surface area contributed by atoms with Crippen LogP contribution < -0.4 is 0 Å². The molecular weight excluding hydrogens is 531 g/mol. The molecule has 0 fully saturated rings. The second-order valence-electron chi connectivity index (χ2n) is 11.0. The van der Waals surface area contributed by atoms with Crippen LogP contribution >= 0.6 is 7.82 Å². The van der Waals surface area contributed by atoms with Gasteiger partial charge in [0.1, 0.15) is 6.61 Å². The summed E-state index contributed by atoms with van der Waals surface area (Å²) in [6.45, 7) is 3.84. The first-order valence-corrected chi connectivity index (χ1v) is 17.7. The number of phosphoric ester groups is 1. The molecule has 0 aromatic rings. The Morgan fingerprint density at radius 1 is 0.600 bits per heavy atom. The highest BCUT2D eigenvalue weighted by Crippen LogP contribution is 2.42. The van der Waals surface area contributed by atoms with Gasteiger partial charge >= 0.3 is 19.8 Å². The molecule has 0 aromatic carbocycles. The molecule has 0 aliphatic carbocycles. The molecule has 0 aromatic heterocycles. The number of carbonyl (C=O) groups excluding carboxylic acids is 2. The summed E-state index contributed by atoms with van der Waals surface area (Å²) in [7, 11) is -3.18. The third-order valence-electron chi connectivity index (χ3n) is 7.10. The van der Waals surface area contributed by atoms with E-state index in [0.29, 0.717) is 6.42 Å². The van der Waals surface area contributed by atoms with Crippen LogP contribution in [0.5, 0.6) is 0 Å². The van der Waals surface area contributed by atoms with Crippen LogP contribution in [0.3, 0.4) is 0 Å². The molecule has 0 aliphatic heterocycles. The largest absolute Gasteiger partial charge is 0.472 e. The van der Waals surface area contributed by atoms with Crippen molar-refractivity contribution in [2.45, 2.75) is 168 Å². The van der Waals surface area contributed by atoms with Crippen LogP contribution in [-0.2, 0) is 32.7 Å². The minimum absolute atomic E-state index is 0.218. The normalized spacial score (nSPS) is 13.6. The Morgan fingerprint density at radius 2 is 0.975 bits per heavy atom. The van der Waals surface area contributed by atoms with Crippen LogP contribution in [0.15, 0.2) is 0 Å². The maximum atomic E-state index is 12.3. The Bertz CT molecular complexity index is 643. The molecule has 9 heteroatoms. The van der Waals surface area contributed by atoms with Gasteiger partial charge in [-0.3, -0.25) is 18.6 Å². The van der Waals surface area contributed by atoms with E-state index in [1.54, 1.807) is 0 Å². The predicted octanol–water partition coefficient (Wildman–Crippen LogP) is 9.22. The molecule has 0 radical (unpaired) electrons. The molecule has 238 valence electrons. The lowest BCUT2D eigenvalue weighted by molar-refractivity contribution is -0.161. The summed E-state index contributed by atoms with van der Waals surface area (Å²) in [6, 6.07) is 0. The second kappa shape index (κ2) is 28.2. The van der Waals surface area contributed by atoms with E-state index in [1.807, 2.05) is 0 Å². The lowest BCUT2D eigenvalue weighted by Crippen LogP contribution is -2.29. The highest BCUT2D eigenvalue weighted by molar-refractivity contribution is 7.47. The van der Waals surface area contributed by atoms with Gasteiger partial charge in [-0.15, -0.1) is 0 Å². The van der Waals surface area contributed by atoms with Crippen molar-refractivity contribution in [1.29, 1.82) is 0 Å². The molecule has 8 nitrogen and oxygen atoms in total. The van der Waals surface area contributed by atoms with Crippen molar-refractivity contribution >= 4 is 19.8 Å². The van der Waals surface area contributed by atoms with Gasteiger partial charge in [-0.05, 0) is 12.8 Å². The van der Waals surface area contributed by atoms with E-state index in [4.69, 9.17) is 14.0 Å². The van der Waals surface area contributed by atoms with Crippen molar-refractivity contribution in [3.8, 4) is 0 Å². The fraction of sp³-hybridized carbons (Fsp3) is 0.935. The van der Waals surface area contributed by atoms with Crippen molar-refractivity contribution in [1.82, 2.24) is 0 Å². The third kappa shape index (κ3) is 27.2. The maximum absolute atomic E-state index is 12.3. The molecule has 0 spiro atoms. The quantitative estimate of drug-likeness (QED) is 0.0499. The van der Waals surface area contributed by atoms with E-state index in [2.05, 4.69) is 18.4 Å². The van der Waals surface area contributed by atoms with E-state index in [9.17, 15) is 19.0 Å². The van der Waals surface area contributed by atoms with Gasteiger partial charge in [0.15, 0.2) is 6.10 Å². The molecule has 0 bridgehead atoms. The Hall–Kier alpha value is -0.950. The summed E-state index contributed by atoms with van der Waals surface area (Å²) < 4.78 is 31.7. The van der Waals surface area contributed by atoms with Gasteiger partial charge in [0, 0.05) is 20.0 Å². The molecule has 0 aliphatic rings. The zero-order chi connectivity index (χ0) is 29.7. The lowest BCUT2D eigenvalue weighted by Gasteiger charge is -2.19. The molecule has 2 unspecified atom stereocenters. The fourth-order valence-electron chi connectivity index (χ4n) is 4.54. The summed E-state index contributed by atoms with van der Waals surface area (Å²) in [5, 5.41) is 0. The minimum atomic E-state index is -4.24. The molecule has 2 atom stereocenters. The summed E-state index contributed by atoms with van der Waals surface area (Å²) >= 11 is 0. The van der Waals surface area contributed by atoms with Gasteiger partial charge < -0.3 is 14.4 Å². The standard InChI is InChI=1S/C31H61O8P/c1-4-6-8-10-12-14-16-18-20-22-24-26-31(33)39-29(28-38-40(34,35)36-3)27-37-30(32)25-23-21-19-17-15-13-11-9-7-5-2/h29H,4-28H2,1-3H3,(H,34,35). The van der Waals surface area contributed by atoms with Crippen molar-refractivity contribution < 1.29 is 37.6 Å². The third-order valence-corrected chi connectivity index (χ3v) is 8.04. The van der Waals surface area contributed by atoms with E-state index < -0.39 is 26.5 Å². The number of phosphoric acid groups is 1. The number of hydrogen-bond donors (Lipinski definition) is 1. The van der Waals surface area contributed by atoms with Gasteiger partial charge in [-0.25, -0.2) is 4.57 Å². The summed E-state index contributed by atoms with van der Waals surface area (Å²) in [5.41, 5.74) is 0. The predicted molar refractivity (Wildman–Crippen MR) is 161 cm³/mol. The molecule has 0 saturated carbocycles. The average Bonchev–Trinajstić information content (AvgIpc) is 2.94. The molecule has 40 heavy (non-hydrogen) atoms. The van der Waals surface area contributed by atoms with Crippen LogP contribution in [0.2, 0.25) is 0 Å². The van der Waals surface area contributed by atoms with Crippen molar-refractivity contribution in [2.24, 2.45) is 0 Å². The zero-order valence-electron chi connectivity index (χ0n) is 26.0. The molecule has 1 N–H and O–H groups in total. The molecule has 0 saturated heterocycles. The number of rotatable bonds is 30. The Labute approximate surface area is 245 Å². The van der Waals surface area contributed by atoms with Crippen molar-refractivity contribution in [3.63, 3.8) is 0 Å². The SMILES string of the molecule is CCCCCCCCCCCCCC(=O)OC(COC(=O)CCCCCCCCCCCC)COP(=O)(O)OC. The van der Waals surface area contributed by atoms with Gasteiger partial charge in [0.2, 0.25) is 0 Å². The Kier molecular flexibility index (Phi) is 27.5. The molecule has 0 amide bonds. The Morgan fingerprint density at radius 3 is 1.38 bits per heavy atom. The zero-order valence-corrected chi connectivity index (χ0v) is 26.9. The van der Waals surface area contributed by atoms with Crippen molar-refractivity contribution in [2.75, 3.05) is 20.3 Å². The van der Waals surface area contributed by atoms with Crippen molar-refractivity contribution in [3.05, 3.63) is 0 Å². The van der Waals surface area contributed by atoms with Gasteiger partial charge in [-0.2, -0.15) is 0 Å². The smallest absolute Gasteiger partial charge is 0.462 e. The number of ether oxygens (including phenoxy) is 2. The van der Waals surface area contributed by atoms with Crippen LogP contribution in [0.25, 0.3) is 0 Å². The van der Waals surface area contributed by atoms with Gasteiger partial charge in [0.05, 0.1) is 6.61 Å². The molecular formula is C31H61O8P. The fourth-order valence-corrected chi connectivity index (χ4v) is 5.00. The highest BCUT2D eigenvalue weighted by atomic mass is 31.2. The van der Waals surface area contributed by atoms with E-state index >= 15 is 0 Å². The van der Waals surface area contributed by atoms with Crippen LogP contribution in [0.4, 0.5) is 0 Å². The number of hydrogen-bond acceptors (Lipinski definition) is 7. The Balaban J connectivity index is 4.12. The summed E-state index contributed by atoms with van der Waals surface area (Å²) in [4.78, 5) is 34.0. The first-order valence-electron chi connectivity index (χ1n) is 16.2. The van der Waals surface area contributed by atoms with Gasteiger partial charge in [0.25, 0.3) is 0 Å². The van der Waals surface area contributed by atoms with Crippen LogP contribution in [0, 0.1) is 0 Å². The average molecular weight is 593 g/mol. The first-order chi connectivity index (χ1) is 19.3. The van der Waals surface area contributed by atoms with Crippen LogP contribution in [0.1, 0.15) is 162 Å². The summed E-state index contributed by atoms with van der Waals surface area (Å²) in [6.07, 6.45) is 24.4. The van der Waals surface area contributed by atoms with E-state index in [0.717, 1.165) is 45.6 Å². The van der Waals surface area contributed by atoms with Crippen LogP contribution in [-0.4, -0.2) is 43.3 Å². The monoisotopic (exact) mass is 592 g/mol. The summed E-state index contributed by atoms with van der Waals surface area (Å²) in [5.74, 6) is -0.801. The number of carbonyl (C=O) groups is 2. The maximum Gasteiger partial charge on any atom is 0.472 e. The lowest BCUT2D eigenvalue weighted by atomic mass is 10.1. The number of esters is 2. The minimum Gasteiger partial charge on any atom is -0.462 e.